The lowest BCUT2D eigenvalue weighted by Gasteiger charge is -2.27. The molecule has 0 bridgehead atoms. The van der Waals surface area contributed by atoms with Gasteiger partial charge in [-0.3, -0.25) is 20.4 Å². The Balaban J connectivity index is 1.51. The van der Waals surface area contributed by atoms with Crippen LogP contribution in [0.4, 0.5) is 15.7 Å². The molecule has 1 unspecified atom stereocenters. The normalized spacial score (nSPS) is 16.0. The Bertz CT molecular complexity index is 999. The molecule has 11 heteroatoms. The zero-order chi connectivity index (χ0) is 23.3. The van der Waals surface area contributed by atoms with E-state index in [1.165, 1.54) is 11.3 Å². The summed E-state index contributed by atoms with van der Waals surface area (Å²) in [5.41, 5.74) is 4.33. The van der Waals surface area contributed by atoms with E-state index in [1.54, 1.807) is 23.5 Å². The first-order valence-corrected chi connectivity index (χ1v) is 11.1. The highest BCUT2D eigenvalue weighted by atomic mass is 32.1. The molecular weight excluding hydrogens is 430 g/mol. The molecule has 0 fully saturated rings. The molecule has 2 aromatic rings. The number of nitrogens with zero attached hydrogens (tertiary/aromatic N) is 3. The molecule has 5 N–H and O–H groups in total. The van der Waals surface area contributed by atoms with Crippen LogP contribution in [0.25, 0.3) is 0 Å². The molecule has 2 aromatic heterocycles. The third kappa shape index (κ3) is 6.49. The van der Waals surface area contributed by atoms with Gasteiger partial charge in [0.15, 0.2) is 5.13 Å². The number of aryl methyl sites for hydroxylation is 2. The van der Waals surface area contributed by atoms with Gasteiger partial charge in [0.1, 0.15) is 18.2 Å². The topological polar surface area (TPSA) is 132 Å². The van der Waals surface area contributed by atoms with Crippen LogP contribution >= 0.6 is 11.3 Å². The fourth-order valence-electron chi connectivity index (χ4n) is 3.03. The van der Waals surface area contributed by atoms with E-state index >= 15 is 0 Å². The maximum absolute atomic E-state index is 12.4. The van der Waals surface area contributed by atoms with Gasteiger partial charge in [0.25, 0.3) is 5.91 Å². The molecule has 3 amide bonds. The van der Waals surface area contributed by atoms with Gasteiger partial charge in [-0.15, -0.1) is 11.3 Å². The second-order valence-corrected chi connectivity index (χ2v) is 9.67. The molecule has 32 heavy (non-hydrogen) atoms. The van der Waals surface area contributed by atoms with E-state index in [1.807, 2.05) is 19.2 Å². The number of thiazole rings is 1. The fourth-order valence-corrected chi connectivity index (χ4v) is 3.83. The van der Waals surface area contributed by atoms with Crippen molar-refractivity contribution in [3.63, 3.8) is 0 Å². The lowest BCUT2D eigenvalue weighted by Crippen LogP contribution is -2.43. The molecule has 172 valence electrons. The minimum Gasteiger partial charge on any atom is -0.387 e. The van der Waals surface area contributed by atoms with Crippen LogP contribution < -0.4 is 21.4 Å². The summed E-state index contributed by atoms with van der Waals surface area (Å²) >= 11 is 1.41. The number of rotatable bonds is 7. The fraction of sp³-hybridized carbons (Fsp3) is 0.429. The second-order valence-electron chi connectivity index (χ2n) is 8.55. The van der Waals surface area contributed by atoms with E-state index in [0.29, 0.717) is 16.8 Å². The van der Waals surface area contributed by atoms with Crippen LogP contribution in [0, 0.1) is 5.41 Å². The maximum Gasteiger partial charge on any atom is 0.326 e. The van der Waals surface area contributed by atoms with Crippen molar-refractivity contribution >= 4 is 34.2 Å². The lowest BCUT2D eigenvalue weighted by atomic mass is 9.87. The van der Waals surface area contributed by atoms with Gasteiger partial charge in [0.2, 0.25) is 0 Å². The standard InChI is InChI=1S/C21H29N7O3S/c1-21(2,3)15-10-17(28(4)27-15)25-19(31)26-20-23-11-14(32-20)6-5-13-7-8-22-16(9-13)24-18(30)12-29/h7-11,15,27,29H,5-6,12H2,1-4H3,(H,22,24,30)(H2,23,25,26,31). The second kappa shape index (κ2) is 10.1. The van der Waals surface area contributed by atoms with Crippen LogP contribution in [0.3, 0.4) is 0 Å². The van der Waals surface area contributed by atoms with E-state index in [0.717, 1.165) is 23.3 Å². The Morgan fingerprint density at radius 3 is 2.69 bits per heavy atom. The number of nitrogens with one attached hydrogen (secondary N) is 4. The van der Waals surface area contributed by atoms with Gasteiger partial charge < -0.3 is 10.4 Å². The SMILES string of the molecule is CN1NC(C(C)(C)C)C=C1NC(=O)Nc1ncc(CCc2ccnc(NC(=O)CO)c2)s1. The largest absolute Gasteiger partial charge is 0.387 e. The van der Waals surface area contributed by atoms with E-state index in [-0.39, 0.29) is 17.5 Å². The molecular formula is C21H29N7O3S. The minimum absolute atomic E-state index is 0.0262. The van der Waals surface area contributed by atoms with E-state index in [4.69, 9.17) is 5.11 Å². The Hall–Kier alpha value is -3.02. The Labute approximate surface area is 191 Å². The summed E-state index contributed by atoms with van der Waals surface area (Å²) in [4.78, 5) is 33.1. The van der Waals surface area contributed by atoms with Crippen molar-refractivity contribution in [2.45, 2.75) is 39.7 Å². The van der Waals surface area contributed by atoms with Crippen molar-refractivity contribution in [1.29, 1.82) is 0 Å². The average molecular weight is 460 g/mol. The number of carbonyl (C=O) groups is 2. The van der Waals surface area contributed by atoms with Crippen molar-refractivity contribution in [3.05, 3.63) is 46.9 Å². The Morgan fingerprint density at radius 2 is 2.00 bits per heavy atom. The maximum atomic E-state index is 12.4. The van der Waals surface area contributed by atoms with Crippen molar-refractivity contribution in [3.8, 4) is 0 Å². The highest BCUT2D eigenvalue weighted by Gasteiger charge is 2.30. The van der Waals surface area contributed by atoms with E-state index in [9.17, 15) is 9.59 Å². The van der Waals surface area contributed by atoms with E-state index < -0.39 is 12.5 Å². The molecule has 1 aliphatic rings. The number of hydrogen-bond donors (Lipinski definition) is 5. The summed E-state index contributed by atoms with van der Waals surface area (Å²) in [6.07, 6.45) is 6.80. The third-order valence-electron chi connectivity index (χ3n) is 4.86. The van der Waals surface area contributed by atoms with Crippen LogP contribution in [0.2, 0.25) is 0 Å². The summed E-state index contributed by atoms with van der Waals surface area (Å²) in [6, 6.07) is 3.41. The zero-order valence-electron chi connectivity index (χ0n) is 18.6. The van der Waals surface area contributed by atoms with Crippen molar-refractivity contribution in [2.75, 3.05) is 24.3 Å². The number of aromatic nitrogens is 2. The van der Waals surface area contributed by atoms with Crippen molar-refractivity contribution in [1.82, 2.24) is 25.7 Å². The molecule has 0 aromatic carbocycles. The van der Waals surface area contributed by atoms with Crippen LogP contribution in [0.15, 0.2) is 36.4 Å². The summed E-state index contributed by atoms with van der Waals surface area (Å²) in [6.45, 7) is 5.81. The number of aliphatic hydroxyl groups is 1. The number of anilines is 2. The third-order valence-corrected chi connectivity index (χ3v) is 5.84. The Kier molecular flexibility index (Phi) is 7.44. The number of hydrogen-bond acceptors (Lipinski definition) is 8. The first kappa shape index (κ1) is 23.6. The first-order valence-electron chi connectivity index (χ1n) is 10.2. The first-order chi connectivity index (χ1) is 15.1. The molecule has 10 nitrogen and oxygen atoms in total. The van der Waals surface area contributed by atoms with Crippen molar-refractivity contribution in [2.24, 2.45) is 5.41 Å². The van der Waals surface area contributed by atoms with Gasteiger partial charge in [0.05, 0.1) is 6.04 Å². The molecule has 0 saturated heterocycles. The lowest BCUT2D eigenvalue weighted by molar-refractivity contribution is -0.118. The van der Waals surface area contributed by atoms with Crippen LogP contribution in [0.5, 0.6) is 0 Å². The molecule has 3 heterocycles. The molecule has 3 rings (SSSR count). The molecule has 1 aliphatic heterocycles. The number of pyridine rings is 1. The van der Waals surface area contributed by atoms with Gasteiger partial charge in [-0.2, -0.15) is 0 Å². The van der Waals surface area contributed by atoms with E-state index in [2.05, 4.69) is 52.1 Å². The predicted molar refractivity (Wildman–Crippen MR) is 124 cm³/mol. The monoisotopic (exact) mass is 459 g/mol. The summed E-state index contributed by atoms with van der Waals surface area (Å²) in [5, 5.41) is 19.3. The summed E-state index contributed by atoms with van der Waals surface area (Å²) in [5.74, 6) is 0.593. The molecule has 0 aliphatic carbocycles. The highest BCUT2D eigenvalue weighted by Crippen LogP contribution is 2.25. The number of hydrazine groups is 1. The Morgan fingerprint density at radius 1 is 1.22 bits per heavy atom. The highest BCUT2D eigenvalue weighted by molar-refractivity contribution is 7.15. The quantitative estimate of drug-likeness (QED) is 0.428. The van der Waals surface area contributed by atoms with Crippen LogP contribution in [0.1, 0.15) is 31.2 Å². The molecule has 0 spiro atoms. The molecule has 0 radical (unpaired) electrons. The van der Waals surface area contributed by atoms with Crippen molar-refractivity contribution < 1.29 is 14.7 Å². The number of aliphatic hydroxyl groups excluding tert-OH is 1. The zero-order valence-corrected chi connectivity index (χ0v) is 19.4. The number of urea groups is 1. The molecule has 1 atom stereocenters. The van der Waals surface area contributed by atoms with Crippen LogP contribution in [-0.4, -0.2) is 51.7 Å². The predicted octanol–water partition coefficient (Wildman–Crippen LogP) is 2.08. The number of carbonyl (C=O) groups excluding carboxylic acids is 2. The summed E-state index contributed by atoms with van der Waals surface area (Å²) < 4.78 is 0. The van der Waals surface area contributed by atoms with Gasteiger partial charge >= 0.3 is 6.03 Å². The van der Waals surface area contributed by atoms with Gasteiger partial charge in [-0.25, -0.2) is 20.2 Å². The van der Waals surface area contributed by atoms with Crippen LogP contribution in [-0.2, 0) is 17.6 Å². The minimum atomic E-state index is -0.586. The summed E-state index contributed by atoms with van der Waals surface area (Å²) in [7, 11) is 1.86. The van der Waals surface area contributed by atoms with Gasteiger partial charge in [-0.1, -0.05) is 20.8 Å². The smallest absolute Gasteiger partial charge is 0.326 e. The average Bonchev–Trinajstić information content (AvgIpc) is 3.33. The number of amides is 3. The molecule has 0 saturated carbocycles. The van der Waals surface area contributed by atoms with Gasteiger partial charge in [-0.05, 0) is 42.0 Å². The van der Waals surface area contributed by atoms with Gasteiger partial charge in [0, 0.05) is 24.3 Å².